The highest BCUT2D eigenvalue weighted by molar-refractivity contribution is 5.80. The van der Waals surface area contributed by atoms with E-state index in [4.69, 9.17) is 0 Å². The molecule has 1 radical (unpaired) electrons. The van der Waals surface area contributed by atoms with Crippen LogP contribution in [0.25, 0.3) is 0 Å². The second-order valence-corrected chi connectivity index (χ2v) is 1.79. The lowest BCUT2D eigenvalue weighted by molar-refractivity contribution is -0.119. The Morgan fingerprint density at radius 2 is 2.33 bits per heavy atom. The van der Waals surface area contributed by atoms with Gasteiger partial charge in [-0.15, -0.1) is 0 Å². The Morgan fingerprint density at radius 3 is 2.44 bits per heavy atom. The fourth-order valence-electron chi connectivity index (χ4n) is 0.593. The number of likely N-dealkylation sites (N-methyl/N-ethyl adjacent to an activating group) is 1. The lowest BCUT2D eigenvalue weighted by atomic mass is 10.3. The van der Waals surface area contributed by atoms with E-state index < -0.39 is 0 Å². The zero-order valence-corrected chi connectivity index (χ0v) is 5.90. The van der Waals surface area contributed by atoms with E-state index in [1.54, 1.807) is 7.05 Å². The summed E-state index contributed by atoms with van der Waals surface area (Å²) in [5.74, 6) is 0.0844. The molecule has 0 aliphatic rings. The zero-order chi connectivity index (χ0) is 7.28. The molecule has 0 aliphatic heterocycles. The van der Waals surface area contributed by atoms with Crippen LogP contribution in [-0.4, -0.2) is 25.5 Å². The average Bonchev–Trinajstić information content (AvgIpc) is 1.82. The summed E-state index contributed by atoms with van der Waals surface area (Å²) in [5.41, 5.74) is 0. The lowest BCUT2D eigenvalue weighted by Gasteiger charge is -2.11. The van der Waals surface area contributed by atoms with E-state index >= 15 is 0 Å². The summed E-state index contributed by atoms with van der Waals surface area (Å²) >= 11 is 0. The van der Waals surface area contributed by atoms with Crippen LogP contribution in [-0.2, 0) is 4.79 Å². The molecule has 0 amide bonds. The second kappa shape index (κ2) is 4.47. The summed E-state index contributed by atoms with van der Waals surface area (Å²) in [7, 11) is 1.73. The van der Waals surface area contributed by atoms with Gasteiger partial charge in [0.05, 0.1) is 0 Å². The van der Waals surface area contributed by atoms with Gasteiger partial charge < -0.3 is 0 Å². The Bertz CT molecular complexity index is 93.1. The van der Waals surface area contributed by atoms with Gasteiger partial charge in [-0.05, 0) is 27.4 Å². The summed E-state index contributed by atoms with van der Waals surface area (Å²) in [6.45, 7) is 5.64. The van der Waals surface area contributed by atoms with Crippen LogP contribution in [0.15, 0.2) is 0 Å². The van der Waals surface area contributed by atoms with Crippen molar-refractivity contribution in [2.24, 2.45) is 0 Å². The summed E-state index contributed by atoms with van der Waals surface area (Å²) in [6.07, 6.45) is -0.234. The Hall–Kier alpha value is -0.410. The van der Waals surface area contributed by atoms with Crippen molar-refractivity contribution in [2.75, 3.05) is 13.6 Å². The number of ketones is 1. The third-order valence-corrected chi connectivity index (χ3v) is 1.04. The molecule has 9 heavy (non-hydrogen) atoms. The smallest absolute Gasteiger partial charge is 0.161 e. The van der Waals surface area contributed by atoms with Crippen LogP contribution >= 0.6 is 0 Å². The molecular formula is C6H13N2O. The van der Waals surface area contributed by atoms with Gasteiger partial charge in [0.25, 0.3) is 0 Å². The van der Waals surface area contributed by atoms with E-state index in [-0.39, 0.29) is 11.9 Å². The molecule has 0 aliphatic carbocycles. The highest BCUT2D eigenvalue weighted by atomic mass is 16.1. The molecule has 53 valence electrons. The average molecular weight is 129 g/mol. The van der Waals surface area contributed by atoms with Crippen molar-refractivity contribution in [2.45, 2.75) is 13.1 Å². The van der Waals surface area contributed by atoms with Crippen molar-refractivity contribution in [3.63, 3.8) is 0 Å². The first kappa shape index (κ1) is 8.59. The van der Waals surface area contributed by atoms with E-state index in [0.29, 0.717) is 6.54 Å². The van der Waals surface area contributed by atoms with Crippen LogP contribution in [0, 0.1) is 6.92 Å². The highest BCUT2D eigenvalue weighted by Gasteiger charge is 2.06. The Labute approximate surface area is 55.8 Å². The Morgan fingerprint density at radius 1 is 1.78 bits per heavy atom. The van der Waals surface area contributed by atoms with Crippen LogP contribution < -0.4 is 10.6 Å². The zero-order valence-electron chi connectivity index (χ0n) is 5.90. The van der Waals surface area contributed by atoms with Crippen LogP contribution in [0.2, 0.25) is 0 Å². The summed E-state index contributed by atoms with van der Waals surface area (Å²) in [6, 6.07) is 0. The van der Waals surface area contributed by atoms with Gasteiger partial charge in [-0.2, -0.15) is 0 Å². The molecule has 0 aromatic carbocycles. The van der Waals surface area contributed by atoms with E-state index in [2.05, 4.69) is 17.6 Å². The third kappa shape index (κ3) is 3.21. The van der Waals surface area contributed by atoms with Crippen molar-refractivity contribution >= 4 is 5.78 Å². The van der Waals surface area contributed by atoms with Crippen LogP contribution in [0.5, 0.6) is 0 Å². The van der Waals surface area contributed by atoms with E-state index in [1.165, 1.54) is 6.92 Å². The molecule has 0 heterocycles. The maximum absolute atomic E-state index is 10.6. The minimum Gasteiger partial charge on any atom is -0.299 e. The molecular weight excluding hydrogens is 116 g/mol. The molecule has 0 saturated carbocycles. The van der Waals surface area contributed by atoms with Crippen molar-refractivity contribution in [1.82, 2.24) is 10.6 Å². The van der Waals surface area contributed by atoms with E-state index in [0.717, 1.165) is 0 Å². The van der Waals surface area contributed by atoms with Gasteiger partial charge in [0.2, 0.25) is 0 Å². The Kier molecular flexibility index (Phi) is 4.26. The lowest BCUT2D eigenvalue weighted by Crippen LogP contribution is -2.45. The van der Waals surface area contributed by atoms with Gasteiger partial charge in [-0.25, -0.2) is 0 Å². The fraction of sp³-hybridized carbons (Fsp3) is 0.667. The van der Waals surface area contributed by atoms with Gasteiger partial charge in [-0.3, -0.25) is 15.4 Å². The van der Waals surface area contributed by atoms with Gasteiger partial charge in [0, 0.05) is 0 Å². The van der Waals surface area contributed by atoms with Gasteiger partial charge >= 0.3 is 0 Å². The van der Waals surface area contributed by atoms with Gasteiger partial charge in [0.15, 0.2) is 5.78 Å². The molecule has 2 N–H and O–H groups in total. The monoisotopic (exact) mass is 129 g/mol. The van der Waals surface area contributed by atoms with Crippen molar-refractivity contribution in [1.29, 1.82) is 0 Å². The van der Waals surface area contributed by atoms with Crippen LogP contribution in [0.4, 0.5) is 0 Å². The number of carbonyl (C=O) groups is 1. The summed E-state index contributed by atoms with van der Waals surface area (Å²) < 4.78 is 0. The molecule has 0 aromatic rings. The molecule has 0 rings (SSSR count). The van der Waals surface area contributed by atoms with Crippen molar-refractivity contribution in [3.8, 4) is 0 Å². The van der Waals surface area contributed by atoms with Gasteiger partial charge in [0.1, 0.15) is 6.17 Å². The topological polar surface area (TPSA) is 41.1 Å². The predicted octanol–water partition coefficient (Wildman–Crippen LogP) is -0.455. The molecule has 1 atom stereocenters. The number of hydrogen-bond acceptors (Lipinski definition) is 3. The second-order valence-electron chi connectivity index (χ2n) is 1.79. The molecule has 1 unspecified atom stereocenters. The van der Waals surface area contributed by atoms with E-state index in [9.17, 15) is 4.79 Å². The van der Waals surface area contributed by atoms with Crippen molar-refractivity contribution < 1.29 is 4.79 Å². The molecule has 0 bridgehead atoms. The molecule has 0 saturated heterocycles. The van der Waals surface area contributed by atoms with E-state index in [1.807, 2.05) is 0 Å². The number of rotatable bonds is 4. The maximum atomic E-state index is 10.6. The van der Waals surface area contributed by atoms with Crippen LogP contribution in [0.1, 0.15) is 6.92 Å². The molecule has 0 aromatic heterocycles. The van der Waals surface area contributed by atoms with Gasteiger partial charge in [-0.1, -0.05) is 0 Å². The minimum absolute atomic E-state index is 0.0844. The number of nitrogens with one attached hydrogen (secondary N) is 2. The van der Waals surface area contributed by atoms with Crippen LogP contribution in [0.3, 0.4) is 0 Å². The minimum atomic E-state index is -0.234. The third-order valence-electron chi connectivity index (χ3n) is 1.04. The largest absolute Gasteiger partial charge is 0.299 e. The summed E-state index contributed by atoms with van der Waals surface area (Å²) in [4.78, 5) is 10.6. The molecule has 3 nitrogen and oxygen atoms in total. The molecule has 3 heteroatoms. The highest BCUT2D eigenvalue weighted by Crippen LogP contribution is 1.76. The predicted molar refractivity (Wildman–Crippen MR) is 36.9 cm³/mol. The first-order valence-electron chi connectivity index (χ1n) is 2.92. The maximum Gasteiger partial charge on any atom is 0.161 e. The number of hydrogen-bond donors (Lipinski definition) is 2. The normalized spacial score (nSPS) is 13.2. The Balaban J connectivity index is 3.54. The molecule has 0 fully saturated rings. The number of Topliss-reactive ketones (excluding diaryl/α,β-unsaturated/α-hetero) is 1. The molecule has 0 spiro atoms. The number of carbonyl (C=O) groups excluding carboxylic acids is 1. The first-order chi connectivity index (χ1) is 4.22. The summed E-state index contributed by atoms with van der Waals surface area (Å²) in [5, 5.41) is 5.66. The fourth-order valence-corrected chi connectivity index (χ4v) is 0.593. The van der Waals surface area contributed by atoms with Crippen molar-refractivity contribution in [3.05, 3.63) is 6.92 Å². The SMILES string of the molecule is [CH2]CNC(NC)C(C)=O. The first-order valence-corrected chi connectivity index (χ1v) is 2.92. The standard InChI is InChI=1S/C6H13N2O/c1-4-8-6(7-3)5(2)9/h6-8H,1,4H2,2-3H3. The quantitative estimate of drug-likeness (QED) is 0.505.